The summed E-state index contributed by atoms with van der Waals surface area (Å²) >= 11 is 0. The summed E-state index contributed by atoms with van der Waals surface area (Å²) in [5, 5.41) is 22.4. The highest BCUT2D eigenvalue weighted by Crippen LogP contribution is 2.35. The molecule has 0 amide bonds. The summed E-state index contributed by atoms with van der Waals surface area (Å²) in [4.78, 5) is 18.8. The summed E-state index contributed by atoms with van der Waals surface area (Å²) in [6.07, 6.45) is 9.64. The Labute approximate surface area is 319 Å². The predicted octanol–water partition coefficient (Wildman–Crippen LogP) is 7.31. The Bertz CT molecular complexity index is 2610. The number of hydrogen-bond donors (Lipinski definition) is 6. The molecule has 0 aliphatic carbocycles. The lowest BCUT2D eigenvalue weighted by molar-refractivity contribution is -0.137. The third-order valence-electron chi connectivity index (χ3n) is 10.5. The van der Waals surface area contributed by atoms with Gasteiger partial charge >= 0.3 is 5.97 Å². The predicted molar refractivity (Wildman–Crippen MR) is 221 cm³/mol. The molecule has 0 saturated carbocycles. The van der Waals surface area contributed by atoms with Crippen LogP contribution in [0.5, 0.6) is 0 Å². The average Bonchev–Trinajstić information content (AvgIpc) is 4.06. The standard InChI is InChI=1S/C48H41N5O2/c54-44(55)17-10-30-49-35-20-18-34(19-21-35)48-42-28-26-40(52-42)46(32-13-6-2-7-14-32)38-24-22-36(50-38)45(31-11-4-1-5-12-31)37-23-25-39(51-37)47(33-15-8-3-9-16-33)41-27-29-43(48)53-41/h1-9,11-16,18-29,38,43,49-53H,10,17,30H2,(H,54,55)/b45-36-,46-40-,47-41-,48-42-. The summed E-state index contributed by atoms with van der Waals surface area (Å²) in [6, 6.07) is 48.7. The third kappa shape index (κ3) is 6.84. The number of rotatable bonds is 9. The monoisotopic (exact) mass is 719 g/mol. The molecular weight excluding hydrogens is 679 g/mol. The first-order valence-electron chi connectivity index (χ1n) is 18.8. The molecule has 3 aliphatic heterocycles. The Hall–Kier alpha value is -6.99. The van der Waals surface area contributed by atoms with Gasteiger partial charge in [0.1, 0.15) is 0 Å². The quantitative estimate of drug-likeness (QED) is 0.0881. The van der Waals surface area contributed by atoms with Crippen LogP contribution in [-0.2, 0) is 4.79 Å². The Morgan fingerprint density at radius 2 is 1.02 bits per heavy atom. The minimum Gasteiger partial charge on any atom is -0.481 e. The largest absolute Gasteiger partial charge is 0.481 e. The number of aromatic amines is 2. The molecule has 0 fully saturated rings. The van der Waals surface area contributed by atoms with Crippen molar-refractivity contribution in [3.05, 3.63) is 220 Å². The van der Waals surface area contributed by atoms with Crippen LogP contribution in [0.3, 0.4) is 0 Å². The van der Waals surface area contributed by atoms with E-state index in [9.17, 15) is 4.79 Å². The van der Waals surface area contributed by atoms with Gasteiger partial charge in [0.05, 0.1) is 12.1 Å². The van der Waals surface area contributed by atoms with Gasteiger partial charge in [0, 0.05) is 74.4 Å². The fraction of sp³-hybridized carbons (Fsp3) is 0.104. The van der Waals surface area contributed by atoms with E-state index >= 15 is 0 Å². The number of carbonyl (C=O) groups is 1. The second-order valence-electron chi connectivity index (χ2n) is 14.0. The molecule has 0 radical (unpaired) electrons. The summed E-state index contributed by atoms with van der Waals surface area (Å²) < 4.78 is 0. The highest BCUT2D eigenvalue weighted by atomic mass is 16.4. The van der Waals surface area contributed by atoms with Gasteiger partial charge < -0.3 is 31.0 Å². The normalized spacial score (nSPS) is 22.0. The summed E-state index contributed by atoms with van der Waals surface area (Å²) in [6.45, 7) is 0.595. The molecule has 7 nitrogen and oxygen atoms in total. The SMILES string of the molecule is O=C(O)CCCNc1ccc(/C2=c3\cc/c([nH]3)=C(\c3ccccc3)C3C=C/C(=C(\c4ccccc4)c4ccc([nH]4)/C(c4ccccc4)=C4/C=CC2N4)N3)cc1. The van der Waals surface area contributed by atoms with Gasteiger partial charge in [-0.25, -0.2) is 0 Å². The molecule has 8 bridgehead atoms. The van der Waals surface area contributed by atoms with Crippen LogP contribution in [0, 0.1) is 0 Å². The number of benzene rings is 4. The van der Waals surface area contributed by atoms with E-state index in [4.69, 9.17) is 5.11 Å². The van der Waals surface area contributed by atoms with Gasteiger partial charge in [0.15, 0.2) is 0 Å². The highest BCUT2D eigenvalue weighted by molar-refractivity contribution is 5.88. The van der Waals surface area contributed by atoms with Crippen molar-refractivity contribution in [1.82, 2.24) is 20.6 Å². The van der Waals surface area contributed by atoms with Crippen LogP contribution in [-0.4, -0.2) is 39.7 Å². The molecule has 270 valence electrons. The van der Waals surface area contributed by atoms with Gasteiger partial charge in [0.2, 0.25) is 0 Å². The number of carboxylic acid groups (broad SMARTS) is 1. The molecule has 2 unspecified atom stereocenters. The maximum atomic E-state index is 11.0. The van der Waals surface area contributed by atoms with Crippen molar-refractivity contribution in [2.45, 2.75) is 24.9 Å². The average molecular weight is 720 g/mol. The van der Waals surface area contributed by atoms with E-state index in [0.29, 0.717) is 13.0 Å². The number of fused-ring (bicyclic) bond motifs is 8. The van der Waals surface area contributed by atoms with Crippen molar-refractivity contribution in [1.29, 1.82) is 0 Å². The van der Waals surface area contributed by atoms with Crippen LogP contribution in [0.2, 0.25) is 0 Å². The van der Waals surface area contributed by atoms with Gasteiger partial charge in [-0.2, -0.15) is 0 Å². The summed E-state index contributed by atoms with van der Waals surface area (Å²) in [5.74, 6) is -0.780. The third-order valence-corrected chi connectivity index (χ3v) is 10.5. The fourth-order valence-electron chi connectivity index (χ4n) is 7.94. The Kier molecular flexibility index (Phi) is 9.10. The van der Waals surface area contributed by atoms with E-state index in [1.165, 1.54) is 0 Å². The molecule has 55 heavy (non-hydrogen) atoms. The summed E-state index contributed by atoms with van der Waals surface area (Å²) in [5.41, 5.74) is 14.0. The Morgan fingerprint density at radius 1 is 0.545 bits per heavy atom. The van der Waals surface area contributed by atoms with Crippen LogP contribution in [0.25, 0.3) is 22.3 Å². The van der Waals surface area contributed by atoms with Gasteiger partial charge in [-0.1, -0.05) is 115 Å². The van der Waals surface area contributed by atoms with Crippen molar-refractivity contribution in [3.63, 3.8) is 0 Å². The van der Waals surface area contributed by atoms with E-state index < -0.39 is 5.97 Å². The van der Waals surface area contributed by atoms with Gasteiger partial charge in [-0.05, 0) is 77.2 Å². The fourth-order valence-corrected chi connectivity index (χ4v) is 7.94. The number of nitrogens with one attached hydrogen (secondary N) is 5. The van der Waals surface area contributed by atoms with Crippen molar-refractivity contribution in [2.75, 3.05) is 11.9 Å². The number of aliphatic carboxylic acids is 1. The molecule has 0 saturated heterocycles. The molecule has 7 heteroatoms. The summed E-state index contributed by atoms with van der Waals surface area (Å²) in [7, 11) is 0. The maximum absolute atomic E-state index is 11.0. The molecule has 2 aromatic heterocycles. The molecule has 6 N–H and O–H groups in total. The smallest absolute Gasteiger partial charge is 0.303 e. The van der Waals surface area contributed by atoms with E-state index in [1.54, 1.807) is 0 Å². The molecule has 6 aromatic rings. The van der Waals surface area contributed by atoms with E-state index in [-0.39, 0.29) is 18.5 Å². The first-order chi connectivity index (χ1) is 27.1. The molecule has 5 heterocycles. The van der Waals surface area contributed by atoms with Crippen LogP contribution < -0.4 is 26.6 Å². The number of H-pyrrole nitrogens is 2. The lowest BCUT2D eigenvalue weighted by Crippen LogP contribution is -2.31. The first-order valence-corrected chi connectivity index (χ1v) is 18.8. The van der Waals surface area contributed by atoms with Crippen molar-refractivity contribution >= 4 is 33.9 Å². The van der Waals surface area contributed by atoms with E-state index in [2.05, 4.69) is 190 Å². The lowest BCUT2D eigenvalue weighted by atomic mass is 9.98. The van der Waals surface area contributed by atoms with Gasteiger partial charge in [0.25, 0.3) is 0 Å². The minimum atomic E-state index is -0.780. The van der Waals surface area contributed by atoms with Crippen LogP contribution in [0.15, 0.2) is 175 Å². The van der Waals surface area contributed by atoms with Crippen molar-refractivity contribution in [3.8, 4) is 0 Å². The van der Waals surface area contributed by atoms with Gasteiger partial charge in [-0.15, -0.1) is 0 Å². The number of carboxylic acids is 1. The van der Waals surface area contributed by atoms with E-state index in [0.717, 1.165) is 83.7 Å². The van der Waals surface area contributed by atoms with Crippen LogP contribution in [0.4, 0.5) is 5.69 Å². The van der Waals surface area contributed by atoms with Crippen molar-refractivity contribution < 1.29 is 9.90 Å². The zero-order chi connectivity index (χ0) is 37.1. The molecule has 0 spiro atoms. The topological polar surface area (TPSA) is 105 Å². The molecule has 9 rings (SSSR count). The first kappa shape index (κ1) is 33.8. The van der Waals surface area contributed by atoms with Crippen molar-refractivity contribution in [2.24, 2.45) is 0 Å². The second-order valence-corrected chi connectivity index (χ2v) is 14.0. The van der Waals surface area contributed by atoms with Crippen LogP contribution >= 0.6 is 0 Å². The lowest BCUT2D eigenvalue weighted by Gasteiger charge is -2.20. The molecule has 4 aromatic carbocycles. The molecular formula is C48H41N5O2. The highest BCUT2D eigenvalue weighted by Gasteiger charge is 2.27. The van der Waals surface area contributed by atoms with Crippen LogP contribution in [0.1, 0.15) is 46.5 Å². The Balaban J connectivity index is 1.26. The van der Waals surface area contributed by atoms with E-state index in [1.807, 2.05) is 0 Å². The zero-order valence-corrected chi connectivity index (χ0v) is 30.2. The number of hydrogen-bond acceptors (Lipinski definition) is 4. The second kappa shape index (κ2) is 14.8. The number of aromatic nitrogens is 2. The number of allylic oxidation sites excluding steroid dienone is 2. The Morgan fingerprint density at radius 3 is 1.51 bits per heavy atom. The minimum absolute atomic E-state index is 0.0873. The molecule has 3 aliphatic rings. The van der Waals surface area contributed by atoms with Gasteiger partial charge in [-0.3, -0.25) is 4.79 Å². The maximum Gasteiger partial charge on any atom is 0.303 e. The number of anilines is 1. The molecule has 2 atom stereocenters. The zero-order valence-electron chi connectivity index (χ0n) is 30.2.